The van der Waals surface area contributed by atoms with Crippen LogP contribution in [0.4, 0.5) is 0 Å². The molecule has 18 heavy (non-hydrogen) atoms. The van der Waals surface area contributed by atoms with Gasteiger partial charge in [-0.05, 0) is 31.5 Å². The molecule has 4 heteroatoms. The SMILES string of the molecule is NCCCCCc1ncc(-c2cccc(Cl)c2)[nH]1. The molecule has 0 fully saturated rings. The van der Waals surface area contributed by atoms with E-state index in [0.29, 0.717) is 0 Å². The zero-order chi connectivity index (χ0) is 12.8. The van der Waals surface area contributed by atoms with Crippen molar-refractivity contribution in [3.63, 3.8) is 0 Å². The van der Waals surface area contributed by atoms with E-state index in [9.17, 15) is 0 Å². The number of nitrogens with zero attached hydrogens (tertiary/aromatic N) is 1. The number of halogens is 1. The Morgan fingerprint density at radius 1 is 1.22 bits per heavy atom. The van der Waals surface area contributed by atoms with E-state index in [2.05, 4.69) is 9.97 Å². The van der Waals surface area contributed by atoms with Gasteiger partial charge in [-0.3, -0.25) is 0 Å². The molecule has 0 radical (unpaired) electrons. The molecule has 0 saturated carbocycles. The summed E-state index contributed by atoms with van der Waals surface area (Å²) in [4.78, 5) is 7.72. The maximum atomic E-state index is 5.97. The van der Waals surface area contributed by atoms with Gasteiger partial charge in [0.25, 0.3) is 0 Å². The minimum Gasteiger partial charge on any atom is -0.342 e. The van der Waals surface area contributed by atoms with Crippen molar-refractivity contribution in [1.82, 2.24) is 9.97 Å². The Morgan fingerprint density at radius 3 is 2.89 bits per heavy atom. The van der Waals surface area contributed by atoms with Crippen LogP contribution in [0.15, 0.2) is 30.5 Å². The Morgan fingerprint density at radius 2 is 2.11 bits per heavy atom. The van der Waals surface area contributed by atoms with E-state index in [1.165, 1.54) is 0 Å². The van der Waals surface area contributed by atoms with Crippen LogP contribution in [-0.4, -0.2) is 16.5 Å². The third-order valence-corrected chi connectivity index (χ3v) is 3.12. The maximum absolute atomic E-state index is 5.97. The first-order chi connectivity index (χ1) is 8.79. The van der Waals surface area contributed by atoms with Crippen molar-refractivity contribution in [2.75, 3.05) is 6.54 Å². The molecule has 1 aromatic heterocycles. The third-order valence-electron chi connectivity index (χ3n) is 2.88. The lowest BCUT2D eigenvalue weighted by molar-refractivity contribution is 0.673. The van der Waals surface area contributed by atoms with Gasteiger partial charge < -0.3 is 10.7 Å². The first-order valence-corrected chi connectivity index (χ1v) is 6.67. The monoisotopic (exact) mass is 263 g/mol. The summed E-state index contributed by atoms with van der Waals surface area (Å²) in [7, 11) is 0. The molecule has 3 nitrogen and oxygen atoms in total. The van der Waals surface area contributed by atoms with Gasteiger partial charge in [-0.15, -0.1) is 0 Å². The van der Waals surface area contributed by atoms with Gasteiger partial charge in [-0.2, -0.15) is 0 Å². The Balaban J connectivity index is 1.97. The van der Waals surface area contributed by atoms with E-state index in [1.54, 1.807) is 0 Å². The second-order valence-corrected chi connectivity index (χ2v) is 4.79. The molecular weight excluding hydrogens is 246 g/mol. The van der Waals surface area contributed by atoms with Crippen LogP contribution in [-0.2, 0) is 6.42 Å². The molecular formula is C14H18ClN3. The number of nitrogens with two attached hydrogens (primary N) is 1. The van der Waals surface area contributed by atoms with Gasteiger partial charge in [0.1, 0.15) is 5.82 Å². The number of benzene rings is 1. The first kappa shape index (κ1) is 13.1. The van der Waals surface area contributed by atoms with E-state index >= 15 is 0 Å². The Kier molecular flexibility index (Phi) is 4.79. The smallest absolute Gasteiger partial charge is 0.106 e. The van der Waals surface area contributed by atoms with E-state index in [4.69, 9.17) is 17.3 Å². The first-order valence-electron chi connectivity index (χ1n) is 6.29. The number of H-pyrrole nitrogens is 1. The summed E-state index contributed by atoms with van der Waals surface area (Å²) in [5.74, 6) is 1.03. The molecule has 0 saturated heterocycles. The molecule has 0 aliphatic carbocycles. The fourth-order valence-corrected chi connectivity index (χ4v) is 2.10. The normalized spacial score (nSPS) is 10.8. The van der Waals surface area contributed by atoms with Crippen molar-refractivity contribution in [3.8, 4) is 11.3 Å². The molecule has 3 N–H and O–H groups in total. The van der Waals surface area contributed by atoms with E-state index in [1.807, 2.05) is 30.5 Å². The second kappa shape index (κ2) is 6.57. The van der Waals surface area contributed by atoms with Crippen LogP contribution in [0.3, 0.4) is 0 Å². The molecule has 1 heterocycles. The lowest BCUT2D eigenvalue weighted by atomic mass is 10.2. The molecule has 2 rings (SSSR count). The fraction of sp³-hybridized carbons (Fsp3) is 0.357. The zero-order valence-corrected chi connectivity index (χ0v) is 11.1. The minimum atomic E-state index is 0.742. The summed E-state index contributed by atoms with van der Waals surface area (Å²) in [6.45, 7) is 0.770. The van der Waals surface area contributed by atoms with E-state index in [0.717, 1.165) is 54.3 Å². The van der Waals surface area contributed by atoms with Gasteiger partial charge in [-0.1, -0.05) is 30.2 Å². The Labute approximate surface area is 112 Å². The molecule has 0 spiro atoms. The molecule has 0 bridgehead atoms. The van der Waals surface area contributed by atoms with Gasteiger partial charge in [0, 0.05) is 17.0 Å². The second-order valence-electron chi connectivity index (χ2n) is 4.35. The highest BCUT2D eigenvalue weighted by molar-refractivity contribution is 6.30. The van der Waals surface area contributed by atoms with Gasteiger partial charge in [0.15, 0.2) is 0 Å². The van der Waals surface area contributed by atoms with Crippen molar-refractivity contribution >= 4 is 11.6 Å². The van der Waals surface area contributed by atoms with Crippen LogP contribution in [0.2, 0.25) is 5.02 Å². The molecule has 0 aliphatic heterocycles. The molecule has 2 aromatic rings. The van der Waals surface area contributed by atoms with Crippen molar-refractivity contribution < 1.29 is 0 Å². The highest BCUT2D eigenvalue weighted by Gasteiger charge is 2.03. The summed E-state index contributed by atoms with van der Waals surface area (Å²) in [6.07, 6.45) is 6.20. The number of rotatable bonds is 6. The number of nitrogens with one attached hydrogen (secondary N) is 1. The molecule has 0 unspecified atom stereocenters. The average Bonchev–Trinajstić information content (AvgIpc) is 2.83. The summed E-state index contributed by atoms with van der Waals surface area (Å²) < 4.78 is 0. The number of aromatic amines is 1. The van der Waals surface area contributed by atoms with Crippen LogP contribution >= 0.6 is 11.6 Å². The van der Waals surface area contributed by atoms with Gasteiger partial charge in [0.05, 0.1) is 11.9 Å². The molecule has 96 valence electrons. The molecule has 0 atom stereocenters. The van der Waals surface area contributed by atoms with Crippen molar-refractivity contribution in [3.05, 3.63) is 41.3 Å². The molecule has 1 aromatic carbocycles. The standard InChI is InChI=1S/C14H18ClN3/c15-12-6-4-5-11(9-12)13-10-17-14(18-13)7-2-1-3-8-16/h4-6,9-10H,1-3,7-8,16H2,(H,17,18). The van der Waals surface area contributed by atoms with Gasteiger partial charge in [-0.25, -0.2) is 4.98 Å². The molecule has 0 aliphatic rings. The van der Waals surface area contributed by atoms with E-state index < -0.39 is 0 Å². The van der Waals surface area contributed by atoms with Crippen LogP contribution in [0.5, 0.6) is 0 Å². The predicted molar refractivity (Wildman–Crippen MR) is 75.6 cm³/mol. The zero-order valence-electron chi connectivity index (χ0n) is 10.3. The van der Waals surface area contributed by atoms with Crippen molar-refractivity contribution in [2.45, 2.75) is 25.7 Å². The lowest BCUT2D eigenvalue weighted by Gasteiger charge is -1.99. The lowest BCUT2D eigenvalue weighted by Crippen LogP contribution is -1.98. The van der Waals surface area contributed by atoms with Crippen LogP contribution in [0, 0.1) is 0 Å². The third kappa shape index (κ3) is 3.59. The molecule has 0 amide bonds. The number of hydrogen-bond donors (Lipinski definition) is 2. The largest absolute Gasteiger partial charge is 0.342 e. The average molecular weight is 264 g/mol. The van der Waals surface area contributed by atoms with Gasteiger partial charge >= 0.3 is 0 Å². The summed E-state index contributed by atoms with van der Waals surface area (Å²) >= 11 is 5.97. The number of hydrogen-bond acceptors (Lipinski definition) is 2. The predicted octanol–water partition coefficient (Wildman–Crippen LogP) is 3.40. The topological polar surface area (TPSA) is 54.7 Å². The Hall–Kier alpha value is -1.32. The quantitative estimate of drug-likeness (QED) is 0.785. The minimum absolute atomic E-state index is 0.742. The summed E-state index contributed by atoms with van der Waals surface area (Å²) in [5.41, 5.74) is 7.56. The number of unbranched alkanes of at least 4 members (excludes halogenated alkanes) is 2. The Bertz CT molecular complexity index is 493. The van der Waals surface area contributed by atoms with Crippen molar-refractivity contribution in [1.29, 1.82) is 0 Å². The fourth-order valence-electron chi connectivity index (χ4n) is 1.91. The van der Waals surface area contributed by atoms with E-state index in [-0.39, 0.29) is 0 Å². The number of imidazole rings is 1. The van der Waals surface area contributed by atoms with Crippen LogP contribution in [0.1, 0.15) is 25.1 Å². The maximum Gasteiger partial charge on any atom is 0.106 e. The van der Waals surface area contributed by atoms with Crippen LogP contribution < -0.4 is 5.73 Å². The van der Waals surface area contributed by atoms with Crippen molar-refractivity contribution in [2.24, 2.45) is 5.73 Å². The highest BCUT2D eigenvalue weighted by atomic mass is 35.5. The summed E-state index contributed by atoms with van der Waals surface area (Å²) in [5, 5.41) is 0.742. The summed E-state index contributed by atoms with van der Waals surface area (Å²) in [6, 6.07) is 7.78. The number of aryl methyl sites for hydroxylation is 1. The number of aromatic nitrogens is 2. The van der Waals surface area contributed by atoms with Crippen LogP contribution in [0.25, 0.3) is 11.3 Å². The highest BCUT2D eigenvalue weighted by Crippen LogP contribution is 2.21. The van der Waals surface area contributed by atoms with Gasteiger partial charge in [0.2, 0.25) is 0 Å².